The largest absolute Gasteiger partial charge is 0.402 e. The average Bonchev–Trinajstić information content (AvgIpc) is 2.59. The minimum absolute atomic E-state index is 0.289. The van der Waals surface area contributed by atoms with Crippen LogP contribution in [0, 0.1) is 0 Å². The molecule has 1 aromatic heterocycles. The summed E-state index contributed by atoms with van der Waals surface area (Å²) in [4.78, 5) is -0.458. The van der Waals surface area contributed by atoms with E-state index in [1.54, 1.807) is 0 Å². The normalized spacial score (nSPS) is 13.5. The molecule has 0 radical (unpaired) electrons. The van der Waals surface area contributed by atoms with E-state index in [4.69, 9.17) is 5.73 Å². The van der Waals surface area contributed by atoms with Crippen molar-refractivity contribution in [2.45, 2.75) is 31.0 Å². The van der Waals surface area contributed by atoms with Gasteiger partial charge in [-0.05, 0) is 13.8 Å². The van der Waals surface area contributed by atoms with Crippen LogP contribution in [-0.2, 0) is 10.0 Å². The molecule has 0 fully saturated rings. The van der Waals surface area contributed by atoms with Crippen molar-refractivity contribution >= 4 is 15.8 Å². The molecule has 0 spiro atoms. The van der Waals surface area contributed by atoms with Gasteiger partial charge in [0.15, 0.2) is 0 Å². The Bertz CT molecular complexity index is 509. The van der Waals surface area contributed by atoms with E-state index < -0.39 is 33.7 Å². The highest BCUT2D eigenvalue weighted by atomic mass is 32.2. The molecule has 1 rings (SSSR count). The molecule has 0 atom stereocenters. The van der Waals surface area contributed by atoms with Crippen molar-refractivity contribution in [3.63, 3.8) is 0 Å². The zero-order chi connectivity index (χ0) is 14.1. The highest BCUT2D eigenvalue weighted by Gasteiger charge is 2.39. The molecule has 1 aromatic rings. The van der Waals surface area contributed by atoms with E-state index in [9.17, 15) is 21.6 Å². The van der Waals surface area contributed by atoms with E-state index in [2.05, 4.69) is 10.2 Å². The van der Waals surface area contributed by atoms with Gasteiger partial charge >= 0.3 is 6.18 Å². The van der Waals surface area contributed by atoms with Gasteiger partial charge in [-0.15, -0.1) is 0 Å². The summed E-state index contributed by atoms with van der Waals surface area (Å²) in [7, 11) is -4.33. The molecule has 0 aliphatic carbocycles. The van der Waals surface area contributed by atoms with E-state index in [0.717, 1.165) is 6.20 Å². The summed E-state index contributed by atoms with van der Waals surface area (Å²) < 4.78 is 61.5. The number of sulfonamides is 1. The van der Waals surface area contributed by atoms with Crippen LogP contribution in [0.1, 0.15) is 13.8 Å². The lowest BCUT2D eigenvalue weighted by Gasteiger charge is -2.26. The number of hydrogen-bond acceptors (Lipinski definition) is 4. The Morgan fingerprint density at radius 3 is 2.39 bits per heavy atom. The molecule has 0 aliphatic heterocycles. The van der Waals surface area contributed by atoms with Crippen molar-refractivity contribution in [3.05, 3.63) is 6.20 Å². The Hall–Kier alpha value is -1.29. The lowest BCUT2D eigenvalue weighted by molar-refractivity contribution is -0.138. The Morgan fingerprint density at radius 1 is 1.50 bits per heavy atom. The maximum absolute atomic E-state index is 12.4. The minimum atomic E-state index is -4.63. The second-order valence-electron chi connectivity index (χ2n) is 3.91. The molecule has 0 unspecified atom stereocenters. The average molecular weight is 286 g/mol. The number of alkyl halides is 3. The Kier molecular flexibility index (Phi) is 3.91. The standard InChI is InChI=1S/C8H13F3N4O2S/c1-5(2)15(4-8(9,10)11)18(16,17)6-3-13-14-7(6)12/h3,5H,4H2,1-2H3,(H3,12,13,14). The van der Waals surface area contributed by atoms with Crippen molar-refractivity contribution in [1.82, 2.24) is 14.5 Å². The van der Waals surface area contributed by atoms with Gasteiger partial charge in [0.25, 0.3) is 0 Å². The van der Waals surface area contributed by atoms with Gasteiger partial charge in [-0.3, -0.25) is 5.10 Å². The summed E-state index contributed by atoms with van der Waals surface area (Å²) in [6, 6.07) is -0.856. The molecule has 1 heterocycles. The third-order valence-corrected chi connectivity index (χ3v) is 4.18. The number of hydrogen-bond donors (Lipinski definition) is 2. The van der Waals surface area contributed by atoms with Crippen LogP contribution in [0.2, 0.25) is 0 Å². The summed E-state index contributed by atoms with van der Waals surface area (Å²) in [6.45, 7) is 1.12. The first-order valence-electron chi connectivity index (χ1n) is 4.93. The number of nitrogen functional groups attached to an aromatic ring is 1. The van der Waals surface area contributed by atoms with Crippen LogP contribution in [0.15, 0.2) is 11.1 Å². The van der Waals surface area contributed by atoms with E-state index in [-0.39, 0.29) is 5.82 Å². The van der Waals surface area contributed by atoms with Gasteiger partial charge in [0.1, 0.15) is 17.3 Å². The summed E-state index contributed by atoms with van der Waals surface area (Å²) in [6.07, 6.45) is -3.74. The van der Waals surface area contributed by atoms with Crippen LogP contribution in [0.3, 0.4) is 0 Å². The van der Waals surface area contributed by atoms with Crippen LogP contribution in [0.25, 0.3) is 0 Å². The fourth-order valence-electron chi connectivity index (χ4n) is 1.34. The van der Waals surface area contributed by atoms with Crippen LogP contribution in [-0.4, -0.2) is 41.7 Å². The van der Waals surface area contributed by atoms with E-state index in [1.165, 1.54) is 13.8 Å². The first-order chi connectivity index (χ1) is 8.05. The number of halogens is 3. The van der Waals surface area contributed by atoms with Gasteiger partial charge < -0.3 is 5.73 Å². The lowest BCUT2D eigenvalue weighted by atomic mass is 10.4. The topological polar surface area (TPSA) is 92.1 Å². The first kappa shape index (κ1) is 14.8. The van der Waals surface area contributed by atoms with Crippen molar-refractivity contribution in [1.29, 1.82) is 0 Å². The molecule has 3 N–H and O–H groups in total. The van der Waals surface area contributed by atoms with Gasteiger partial charge in [-0.2, -0.15) is 22.6 Å². The maximum atomic E-state index is 12.4. The number of nitrogens with one attached hydrogen (secondary N) is 1. The molecular weight excluding hydrogens is 273 g/mol. The fourth-order valence-corrected chi connectivity index (χ4v) is 2.97. The second kappa shape index (κ2) is 4.76. The van der Waals surface area contributed by atoms with Gasteiger partial charge in [-0.1, -0.05) is 0 Å². The van der Waals surface area contributed by atoms with E-state index in [1.807, 2.05) is 0 Å². The van der Waals surface area contributed by atoms with Crippen molar-refractivity contribution in [2.24, 2.45) is 0 Å². The number of nitrogens with two attached hydrogens (primary N) is 1. The lowest BCUT2D eigenvalue weighted by Crippen LogP contribution is -2.43. The molecule has 0 saturated heterocycles. The predicted octanol–water partition coefficient (Wildman–Crippen LogP) is 0.953. The molecular formula is C8H13F3N4O2S. The zero-order valence-corrected chi connectivity index (χ0v) is 10.5. The second-order valence-corrected chi connectivity index (χ2v) is 5.77. The Balaban J connectivity index is 3.18. The third-order valence-electron chi connectivity index (χ3n) is 2.13. The zero-order valence-electron chi connectivity index (χ0n) is 9.69. The summed E-state index contributed by atoms with van der Waals surface area (Å²) in [5, 5.41) is 5.56. The minimum Gasteiger partial charge on any atom is -0.383 e. The number of aromatic nitrogens is 2. The molecule has 0 saturated carbocycles. The van der Waals surface area contributed by atoms with Gasteiger partial charge in [0, 0.05) is 6.04 Å². The molecule has 10 heteroatoms. The molecule has 104 valence electrons. The van der Waals surface area contributed by atoms with E-state index >= 15 is 0 Å². The van der Waals surface area contributed by atoms with Crippen molar-refractivity contribution in [3.8, 4) is 0 Å². The summed E-state index contributed by atoms with van der Waals surface area (Å²) >= 11 is 0. The smallest absolute Gasteiger partial charge is 0.383 e. The van der Waals surface area contributed by atoms with Gasteiger partial charge in [0.2, 0.25) is 10.0 Å². The number of H-pyrrole nitrogens is 1. The third kappa shape index (κ3) is 3.13. The van der Waals surface area contributed by atoms with Gasteiger partial charge in [0.05, 0.1) is 6.20 Å². The Morgan fingerprint density at radius 2 is 2.06 bits per heavy atom. The number of rotatable bonds is 4. The van der Waals surface area contributed by atoms with Crippen LogP contribution < -0.4 is 5.73 Å². The quantitative estimate of drug-likeness (QED) is 0.862. The maximum Gasteiger partial charge on any atom is 0.402 e. The van der Waals surface area contributed by atoms with Gasteiger partial charge in [-0.25, -0.2) is 8.42 Å². The predicted molar refractivity (Wildman–Crippen MR) is 58.1 cm³/mol. The Labute approximate surface area is 102 Å². The van der Waals surface area contributed by atoms with E-state index in [0.29, 0.717) is 4.31 Å². The molecule has 18 heavy (non-hydrogen) atoms. The summed E-state index contributed by atoms with van der Waals surface area (Å²) in [5.41, 5.74) is 5.32. The van der Waals surface area contributed by atoms with Crippen LogP contribution >= 0.6 is 0 Å². The SMILES string of the molecule is CC(C)N(CC(F)(F)F)S(=O)(=O)c1cn[nH]c1N. The number of nitrogens with zero attached hydrogens (tertiary/aromatic N) is 2. The molecule has 0 aliphatic rings. The monoisotopic (exact) mass is 286 g/mol. The molecule has 0 aromatic carbocycles. The summed E-state index contributed by atoms with van der Waals surface area (Å²) in [5.74, 6) is -0.289. The molecule has 6 nitrogen and oxygen atoms in total. The van der Waals surface area contributed by atoms with Crippen molar-refractivity contribution in [2.75, 3.05) is 12.3 Å². The first-order valence-corrected chi connectivity index (χ1v) is 6.37. The van der Waals surface area contributed by atoms with Crippen LogP contribution in [0.5, 0.6) is 0 Å². The number of aromatic amines is 1. The molecule has 0 amide bonds. The van der Waals surface area contributed by atoms with Crippen molar-refractivity contribution < 1.29 is 21.6 Å². The highest BCUT2D eigenvalue weighted by Crippen LogP contribution is 2.26. The van der Waals surface area contributed by atoms with Crippen LogP contribution in [0.4, 0.5) is 19.0 Å². The highest BCUT2D eigenvalue weighted by molar-refractivity contribution is 7.89. The molecule has 0 bridgehead atoms. The number of anilines is 1. The fraction of sp³-hybridized carbons (Fsp3) is 0.625.